The second kappa shape index (κ2) is 7.97. The van der Waals surface area contributed by atoms with E-state index in [1.54, 1.807) is 0 Å². The lowest BCUT2D eigenvalue weighted by molar-refractivity contribution is 0.201. The highest BCUT2D eigenvalue weighted by Crippen LogP contribution is 2.21. The number of piperidine rings is 1. The Morgan fingerprint density at radius 1 is 0.909 bits per heavy atom. The van der Waals surface area contributed by atoms with Crippen LogP contribution in [-0.2, 0) is 6.54 Å². The van der Waals surface area contributed by atoms with Gasteiger partial charge in [-0.25, -0.2) is 5.84 Å². The Morgan fingerprint density at radius 2 is 1.45 bits per heavy atom. The Hall–Kier alpha value is -1.84. The summed E-state index contributed by atoms with van der Waals surface area (Å²) in [4.78, 5) is 2.52. The maximum Gasteiger partial charge on any atom is 0.0520 e. The molecule has 3 rings (SSSR count). The van der Waals surface area contributed by atoms with Gasteiger partial charge in [-0.2, -0.15) is 0 Å². The predicted molar refractivity (Wildman–Crippen MR) is 94.6 cm³/mol. The minimum absolute atomic E-state index is 0. The SMILES string of the molecule is C.NN(c1ccccc1)C1CCN(Cc2ccccc2)CC1. The van der Waals surface area contributed by atoms with Gasteiger partial charge in [-0.05, 0) is 30.5 Å². The van der Waals surface area contributed by atoms with Gasteiger partial charge >= 0.3 is 0 Å². The molecule has 2 N–H and O–H groups in total. The van der Waals surface area contributed by atoms with E-state index >= 15 is 0 Å². The van der Waals surface area contributed by atoms with Gasteiger partial charge in [0.25, 0.3) is 0 Å². The van der Waals surface area contributed by atoms with E-state index in [1.807, 2.05) is 23.2 Å². The quantitative estimate of drug-likeness (QED) is 0.690. The van der Waals surface area contributed by atoms with Crippen LogP contribution in [-0.4, -0.2) is 24.0 Å². The zero-order valence-electron chi connectivity index (χ0n) is 12.4. The van der Waals surface area contributed by atoms with Gasteiger partial charge in [-0.15, -0.1) is 0 Å². The fourth-order valence-corrected chi connectivity index (χ4v) is 3.01. The minimum atomic E-state index is 0. The van der Waals surface area contributed by atoms with Gasteiger partial charge in [-0.1, -0.05) is 56.0 Å². The third-order valence-electron chi connectivity index (χ3n) is 4.25. The van der Waals surface area contributed by atoms with Crippen LogP contribution in [0.4, 0.5) is 5.69 Å². The second-order valence-electron chi connectivity index (χ2n) is 5.74. The van der Waals surface area contributed by atoms with Crippen LogP contribution in [0.5, 0.6) is 0 Å². The van der Waals surface area contributed by atoms with Crippen molar-refractivity contribution < 1.29 is 0 Å². The van der Waals surface area contributed by atoms with E-state index in [2.05, 4.69) is 47.4 Å². The Bertz CT molecular complexity index is 533. The largest absolute Gasteiger partial charge is 0.308 e. The maximum atomic E-state index is 6.28. The molecule has 1 fully saturated rings. The van der Waals surface area contributed by atoms with Crippen LogP contribution >= 0.6 is 0 Å². The molecule has 0 unspecified atom stereocenters. The summed E-state index contributed by atoms with van der Waals surface area (Å²) in [6, 6.07) is 21.4. The first-order valence-corrected chi connectivity index (χ1v) is 7.68. The Balaban J connectivity index is 0.00000176. The molecule has 3 heteroatoms. The zero-order chi connectivity index (χ0) is 14.5. The van der Waals surface area contributed by atoms with E-state index in [1.165, 1.54) is 5.56 Å². The molecule has 3 nitrogen and oxygen atoms in total. The number of rotatable bonds is 4. The number of hydrogen-bond donors (Lipinski definition) is 1. The number of para-hydroxylation sites is 1. The van der Waals surface area contributed by atoms with Gasteiger partial charge in [0.1, 0.15) is 0 Å². The number of nitrogens with zero attached hydrogens (tertiary/aromatic N) is 2. The molecular weight excluding hydrogens is 270 g/mol. The summed E-state index contributed by atoms with van der Waals surface area (Å²) in [5.74, 6) is 6.28. The third-order valence-corrected chi connectivity index (χ3v) is 4.25. The predicted octanol–water partition coefficient (Wildman–Crippen LogP) is 3.67. The molecule has 0 saturated carbocycles. The Morgan fingerprint density at radius 3 is 2.05 bits per heavy atom. The van der Waals surface area contributed by atoms with Crippen molar-refractivity contribution in [1.82, 2.24) is 4.90 Å². The van der Waals surface area contributed by atoms with Gasteiger partial charge in [-0.3, -0.25) is 4.90 Å². The van der Waals surface area contributed by atoms with Gasteiger partial charge in [0.05, 0.1) is 5.69 Å². The van der Waals surface area contributed by atoms with Crippen molar-refractivity contribution in [2.45, 2.75) is 32.9 Å². The minimum Gasteiger partial charge on any atom is -0.308 e. The molecule has 1 heterocycles. The van der Waals surface area contributed by atoms with Crippen molar-refractivity contribution in [3.63, 3.8) is 0 Å². The van der Waals surface area contributed by atoms with E-state index in [0.29, 0.717) is 6.04 Å². The van der Waals surface area contributed by atoms with Gasteiger partial charge < -0.3 is 5.01 Å². The molecular formula is C19H27N3. The highest BCUT2D eigenvalue weighted by atomic mass is 15.4. The lowest BCUT2D eigenvalue weighted by Crippen LogP contribution is -2.48. The molecule has 2 aromatic rings. The molecule has 1 aliphatic rings. The first-order valence-electron chi connectivity index (χ1n) is 7.68. The van der Waals surface area contributed by atoms with Crippen molar-refractivity contribution >= 4 is 5.69 Å². The average Bonchev–Trinajstić information content (AvgIpc) is 2.57. The monoisotopic (exact) mass is 297 g/mol. The molecule has 0 aliphatic carbocycles. The highest BCUT2D eigenvalue weighted by molar-refractivity contribution is 5.45. The Kier molecular flexibility index (Phi) is 5.99. The van der Waals surface area contributed by atoms with E-state index < -0.39 is 0 Å². The first kappa shape index (κ1) is 16.5. The fraction of sp³-hybridized carbons (Fsp3) is 0.368. The number of hydrogen-bond acceptors (Lipinski definition) is 3. The highest BCUT2D eigenvalue weighted by Gasteiger charge is 2.23. The van der Waals surface area contributed by atoms with Crippen molar-refractivity contribution in [3.05, 3.63) is 66.2 Å². The van der Waals surface area contributed by atoms with E-state index in [9.17, 15) is 0 Å². The topological polar surface area (TPSA) is 32.5 Å². The van der Waals surface area contributed by atoms with Crippen LogP contribution in [0.15, 0.2) is 60.7 Å². The van der Waals surface area contributed by atoms with E-state index in [4.69, 9.17) is 5.84 Å². The number of likely N-dealkylation sites (tertiary alicyclic amines) is 1. The van der Waals surface area contributed by atoms with E-state index in [0.717, 1.165) is 38.2 Å². The van der Waals surface area contributed by atoms with Crippen LogP contribution in [0.3, 0.4) is 0 Å². The maximum absolute atomic E-state index is 6.28. The van der Waals surface area contributed by atoms with Crippen molar-refractivity contribution in [2.24, 2.45) is 5.84 Å². The van der Waals surface area contributed by atoms with Crippen molar-refractivity contribution in [1.29, 1.82) is 0 Å². The van der Waals surface area contributed by atoms with Crippen LogP contribution in [0, 0.1) is 0 Å². The van der Waals surface area contributed by atoms with Crippen LogP contribution in [0.25, 0.3) is 0 Å². The third kappa shape index (κ3) is 4.09. The molecule has 0 bridgehead atoms. The first-order chi connectivity index (χ1) is 10.3. The normalized spacial score (nSPS) is 16.0. The average molecular weight is 297 g/mol. The van der Waals surface area contributed by atoms with Crippen LogP contribution in [0.1, 0.15) is 25.8 Å². The van der Waals surface area contributed by atoms with Crippen molar-refractivity contribution in [2.75, 3.05) is 18.1 Å². The number of anilines is 1. The summed E-state index contributed by atoms with van der Waals surface area (Å²) in [5, 5.41) is 1.94. The van der Waals surface area contributed by atoms with Crippen molar-refractivity contribution in [3.8, 4) is 0 Å². The Labute approximate surface area is 134 Å². The molecule has 1 aliphatic heterocycles. The molecule has 118 valence electrons. The molecule has 0 radical (unpaired) electrons. The van der Waals surface area contributed by atoms with Crippen LogP contribution < -0.4 is 10.9 Å². The molecule has 0 spiro atoms. The number of hydrazine groups is 1. The van der Waals surface area contributed by atoms with Gasteiger partial charge in [0.2, 0.25) is 0 Å². The summed E-state index contributed by atoms with van der Waals surface area (Å²) >= 11 is 0. The summed E-state index contributed by atoms with van der Waals surface area (Å²) in [5.41, 5.74) is 2.50. The fourth-order valence-electron chi connectivity index (χ4n) is 3.01. The van der Waals surface area contributed by atoms with Crippen LogP contribution in [0.2, 0.25) is 0 Å². The number of nitrogens with two attached hydrogens (primary N) is 1. The molecule has 1 saturated heterocycles. The smallest absolute Gasteiger partial charge is 0.0520 e. The van der Waals surface area contributed by atoms with E-state index in [-0.39, 0.29) is 7.43 Å². The van der Waals surface area contributed by atoms with Gasteiger partial charge in [0, 0.05) is 25.7 Å². The molecule has 22 heavy (non-hydrogen) atoms. The summed E-state index contributed by atoms with van der Waals surface area (Å²) in [6.45, 7) is 3.27. The second-order valence-corrected chi connectivity index (χ2v) is 5.74. The number of benzene rings is 2. The lowest BCUT2D eigenvalue weighted by Gasteiger charge is -2.37. The van der Waals surface area contributed by atoms with Gasteiger partial charge in [0.15, 0.2) is 0 Å². The molecule has 0 amide bonds. The summed E-state index contributed by atoms with van der Waals surface area (Å²) < 4.78 is 0. The molecule has 0 atom stereocenters. The molecule has 0 aromatic heterocycles. The summed E-state index contributed by atoms with van der Waals surface area (Å²) in [7, 11) is 0. The summed E-state index contributed by atoms with van der Waals surface area (Å²) in [6.07, 6.45) is 2.25. The lowest BCUT2D eigenvalue weighted by atomic mass is 10.0. The zero-order valence-corrected chi connectivity index (χ0v) is 12.4. The molecule has 2 aromatic carbocycles. The standard InChI is InChI=1S/C18H23N3.CH4/c19-21(17-9-5-2-6-10-17)18-11-13-20(14-12-18)15-16-7-3-1-4-8-16;/h1-10,18H,11-15,19H2;1H4.